The van der Waals surface area contributed by atoms with Crippen LogP contribution >= 0.6 is 0 Å². The second-order valence-corrected chi connectivity index (χ2v) is 5.98. The molecule has 2 aliphatic heterocycles. The molecule has 1 saturated carbocycles. The van der Waals surface area contributed by atoms with Crippen molar-refractivity contribution in [2.75, 3.05) is 31.1 Å². The van der Waals surface area contributed by atoms with Gasteiger partial charge in [-0.25, -0.2) is 14.8 Å². The van der Waals surface area contributed by atoms with Gasteiger partial charge in [-0.3, -0.25) is 0 Å². The maximum Gasteiger partial charge on any atom is 0.317 e. The van der Waals surface area contributed by atoms with Gasteiger partial charge < -0.3 is 15.1 Å². The predicted molar refractivity (Wildman–Crippen MR) is 74.8 cm³/mol. The summed E-state index contributed by atoms with van der Waals surface area (Å²) in [7, 11) is 0. The van der Waals surface area contributed by atoms with Crippen molar-refractivity contribution in [1.82, 2.24) is 20.2 Å². The molecule has 2 saturated heterocycles. The first-order valence-corrected chi connectivity index (χ1v) is 7.36. The molecule has 106 valence electrons. The van der Waals surface area contributed by atoms with E-state index in [1.807, 2.05) is 17.9 Å². The van der Waals surface area contributed by atoms with Crippen LogP contribution in [0.25, 0.3) is 0 Å². The largest absolute Gasteiger partial charge is 0.352 e. The summed E-state index contributed by atoms with van der Waals surface area (Å²) in [6.45, 7) is 5.39. The standard InChI is InChI=1S/C14H19N5O/c1-9-6-12(17-13(16-9)10-2-3-10)18-7-11(8-18)19-5-4-15-14(19)20/h6,10-11H,2-5,7-8H2,1H3,(H,15,20). The number of anilines is 1. The van der Waals surface area contributed by atoms with Crippen molar-refractivity contribution < 1.29 is 4.79 Å². The lowest BCUT2D eigenvalue weighted by molar-refractivity contribution is 0.185. The molecule has 6 heteroatoms. The maximum absolute atomic E-state index is 11.6. The molecule has 3 heterocycles. The molecule has 2 amide bonds. The third-order valence-electron chi connectivity index (χ3n) is 4.32. The highest BCUT2D eigenvalue weighted by molar-refractivity contribution is 5.77. The molecule has 6 nitrogen and oxygen atoms in total. The Morgan fingerprint density at radius 2 is 2.10 bits per heavy atom. The normalized spacial score (nSPS) is 22.9. The summed E-state index contributed by atoms with van der Waals surface area (Å²) in [5.74, 6) is 2.60. The van der Waals surface area contributed by atoms with Crippen molar-refractivity contribution in [2.45, 2.75) is 31.7 Å². The molecule has 1 aromatic heterocycles. The summed E-state index contributed by atoms with van der Waals surface area (Å²) >= 11 is 0. The van der Waals surface area contributed by atoms with Crippen molar-refractivity contribution >= 4 is 11.8 Å². The molecule has 0 radical (unpaired) electrons. The molecule has 0 bridgehead atoms. The predicted octanol–water partition coefficient (Wildman–Crippen LogP) is 0.876. The lowest BCUT2D eigenvalue weighted by Crippen LogP contribution is -2.60. The minimum Gasteiger partial charge on any atom is -0.352 e. The Morgan fingerprint density at radius 3 is 2.75 bits per heavy atom. The van der Waals surface area contributed by atoms with Crippen molar-refractivity contribution in [3.63, 3.8) is 0 Å². The topological polar surface area (TPSA) is 61.4 Å². The molecule has 3 fully saturated rings. The van der Waals surface area contributed by atoms with E-state index in [-0.39, 0.29) is 6.03 Å². The summed E-state index contributed by atoms with van der Waals surface area (Å²) in [6.07, 6.45) is 2.44. The molecule has 1 N–H and O–H groups in total. The van der Waals surface area contributed by atoms with Gasteiger partial charge in [0.1, 0.15) is 11.6 Å². The van der Waals surface area contributed by atoms with E-state index in [2.05, 4.69) is 15.2 Å². The quantitative estimate of drug-likeness (QED) is 0.888. The van der Waals surface area contributed by atoms with E-state index in [1.54, 1.807) is 0 Å². The number of amides is 2. The number of rotatable bonds is 3. The van der Waals surface area contributed by atoms with Gasteiger partial charge in [0, 0.05) is 43.9 Å². The van der Waals surface area contributed by atoms with Crippen LogP contribution in [0.3, 0.4) is 0 Å². The molecule has 0 unspecified atom stereocenters. The highest BCUT2D eigenvalue weighted by Crippen LogP contribution is 2.39. The first-order valence-electron chi connectivity index (χ1n) is 7.36. The van der Waals surface area contributed by atoms with Gasteiger partial charge in [0.2, 0.25) is 0 Å². The summed E-state index contributed by atoms with van der Waals surface area (Å²) in [5.41, 5.74) is 1.04. The summed E-state index contributed by atoms with van der Waals surface area (Å²) in [5, 5.41) is 2.86. The Balaban J connectivity index is 1.46. The SMILES string of the molecule is Cc1cc(N2CC(N3CCNC3=O)C2)nc(C2CC2)n1. The fourth-order valence-electron chi connectivity index (χ4n) is 2.93. The molecule has 1 aliphatic carbocycles. The highest BCUT2D eigenvalue weighted by atomic mass is 16.2. The van der Waals surface area contributed by atoms with E-state index < -0.39 is 0 Å². The van der Waals surface area contributed by atoms with Gasteiger partial charge in [-0.05, 0) is 19.8 Å². The van der Waals surface area contributed by atoms with Crippen molar-refractivity contribution in [1.29, 1.82) is 0 Å². The zero-order valence-electron chi connectivity index (χ0n) is 11.7. The number of nitrogens with zero attached hydrogens (tertiary/aromatic N) is 4. The molecule has 0 spiro atoms. The van der Waals surface area contributed by atoms with E-state index in [1.165, 1.54) is 12.8 Å². The van der Waals surface area contributed by atoms with E-state index in [0.717, 1.165) is 43.5 Å². The fraction of sp³-hybridized carbons (Fsp3) is 0.643. The van der Waals surface area contributed by atoms with Crippen molar-refractivity contribution in [2.24, 2.45) is 0 Å². The van der Waals surface area contributed by atoms with Crippen LogP contribution in [-0.2, 0) is 0 Å². The van der Waals surface area contributed by atoms with E-state index >= 15 is 0 Å². The number of nitrogens with one attached hydrogen (secondary N) is 1. The van der Waals surface area contributed by atoms with Crippen molar-refractivity contribution in [3.05, 3.63) is 17.6 Å². The average molecular weight is 273 g/mol. The van der Waals surface area contributed by atoms with Gasteiger partial charge in [-0.15, -0.1) is 0 Å². The second kappa shape index (κ2) is 4.33. The van der Waals surface area contributed by atoms with Gasteiger partial charge in [-0.1, -0.05) is 0 Å². The van der Waals surface area contributed by atoms with E-state index in [9.17, 15) is 4.79 Å². The van der Waals surface area contributed by atoms with E-state index in [0.29, 0.717) is 12.0 Å². The number of carbonyl (C=O) groups is 1. The van der Waals surface area contributed by atoms with Crippen LogP contribution in [-0.4, -0.2) is 53.1 Å². The zero-order chi connectivity index (χ0) is 13.7. The molecule has 0 aromatic carbocycles. The van der Waals surface area contributed by atoms with Crippen LogP contribution in [0.4, 0.5) is 10.6 Å². The number of hydrogen-bond donors (Lipinski definition) is 1. The van der Waals surface area contributed by atoms with E-state index in [4.69, 9.17) is 4.98 Å². The van der Waals surface area contributed by atoms with Gasteiger partial charge in [-0.2, -0.15) is 0 Å². The number of aromatic nitrogens is 2. The van der Waals surface area contributed by atoms with Crippen LogP contribution in [0.5, 0.6) is 0 Å². The lowest BCUT2D eigenvalue weighted by Gasteiger charge is -2.44. The third-order valence-corrected chi connectivity index (χ3v) is 4.32. The average Bonchev–Trinajstić information content (AvgIpc) is 3.12. The molecule has 1 aromatic rings. The third kappa shape index (κ3) is 1.99. The number of aryl methyl sites for hydroxylation is 1. The number of urea groups is 1. The van der Waals surface area contributed by atoms with Crippen LogP contribution in [0.1, 0.15) is 30.3 Å². The first kappa shape index (κ1) is 11.9. The fourth-order valence-corrected chi connectivity index (χ4v) is 2.93. The monoisotopic (exact) mass is 273 g/mol. The Kier molecular flexibility index (Phi) is 2.58. The van der Waals surface area contributed by atoms with Gasteiger partial charge in [0.05, 0.1) is 6.04 Å². The number of carbonyl (C=O) groups excluding carboxylic acids is 1. The minimum absolute atomic E-state index is 0.0761. The highest BCUT2D eigenvalue weighted by Gasteiger charge is 2.37. The summed E-state index contributed by atoms with van der Waals surface area (Å²) < 4.78 is 0. The first-order chi connectivity index (χ1) is 9.70. The second-order valence-electron chi connectivity index (χ2n) is 5.98. The minimum atomic E-state index is 0.0761. The van der Waals surface area contributed by atoms with Gasteiger partial charge >= 0.3 is 6.03 Å². The molecule has 4 rings (SSSR count). The molecular weight excluding hydrogens is 254 g/mol. The summed E-state index contributed by atoms with van der Waals surface area (Å²) in [4.78, 5) is 25.0. The van der Waals surface area contributed by atoms with Gasteiger partial charge in [0.25, 0.3) is 0 Å². The van der Waals surface area contributed by atoms with Crippen LogP contribution in [0.15, 0.2) is 6.07 Å². The Bertz CT molecular complexity index is 550. The smallest absolute Gasteiger partial charge is 0.317 e. The Hall–Kier alpha value is -1.85. The summed E-state index contributed by atoms with van der Waals surface area (Å²) in [6, 6.07) is 2.45. The molecule has 20 heavy (non-hydrogen) atoms. The number of hydrogen-bond acceptors (Lipinski definition) is 4. The van der Waals surface area contributed by atoms with Crippen molar-refractivity contribution in [3.8, 4) is 0 Å². The Labute approximate surface area is 118 Å². The lowest BCUT2D eigenvalue weighted by atomic mass is 10.1. The van der Waals surface area contributed by atoms with Crippen LogP contribution in [0, 0.1) is 6.92 Å². The van der Waals surface area contributed by atoms with Crippen LogP contribution in [0.2, 0.25) is 0 Å². The Morgan fingerprint density at radius 1 is 1.30 bits per heavy atom. The molecular formula is C14H19N5O. The maximum atomic E-state index is 11.6. The zero-order valence-corrected chi connectivity index (χ0v) is 11.7. The van der Waals surface area contributed by atoms with Crippen LogP contribution < -0.4 is 10.2 Å². The van der Waals surface area contributed by atoms with Gasteiger partial charge in [0.15, 0.2) is 0 Å². The molecule has 3 aliphatic rings. The molecule has 0 atom stereocenters.